The van der Waals surface area contributed by atoms with E-state index in [4.69, 9.17) is 9.47 Å². The van der Waals surface area contributed by atoms with Crippen LogP contribution in [0, 0.1) is 5.92 Å². The number of hydrogen-bond donors (Lipinski definition) is 2. The topological polar surface area (TPSA) is 107 Å². The normalized spacial score (nSPS) is 20.2. The number of para-hydroxylation sites is 1. The third kappa shape index (κ3) is 6.40. The molecule has 0 unspecified atom stereocenters. The third-order valence-electron chi connectivity index (χ3n) is 9.67. The Bertz CT molecular complexity index is 1780. The lowest BCUT2D eigenvalue weighted by Crippen LogP contribution is -2.50. The van der Waals surface area contributed by atoms with Gasteiger partial charge in [-0.3, -0.25) is 14.6 Å². The van der Waals surface area contributed by atoms with Crippen molar-refractivity contribution in [1.82, 2.24) is 24.8 Å². The van der Waals surface area contributed by atoms with Gasteiger partial charge in [-0.25, -0.2) is 4.68 Å². The third-order valence-corrected chi connectivity index (χ3v) is 14.1. The second-order valence-electron chi connectivity index (χ2n) is 12.8. The van der Waals surface area contributed by atoms with Crippen LogP contribution in [-0.4, -0.2) is 63.9 Å². The highest BCUT2D eigenvalue weighted by molar-refractivity contribution is 6.91. The SMILES string of the molecule is COc1ccc([Si](C)(C)[C@H]2[C@H](C)[C@H](CCc3ccc(-n4[nH]c5ccccc5c4=O)cc3)O[C@@H]2CCn2cc(CCO)nn2)cc1. The monoisotopic (exact) mass is 625 g/mol. The minimum atomic E-state index is -1.96. The number of rotatable bonds is 12. The van der Waals surface area contributed by atoms with Crippen molar-refractivity contribution in [2.45, 2.75) is 70.0 Å². The van der Waals surface area contributed by atoms with Gasteiger partial charge in [0.05, 0.1) is 49.7 Å². The average Bonchev–Trinajstić information content (AvgIpc) is 3.75. The first-order chi connectivity index (χ1) is 21.8. The van der Waals surface area contributed by atoms with E-state index >= 15 is 0 Å². The molecule has 0 amide bonds. The summed E-state index contributed by atoms with van der Waals surface area (Å²) in [5.41, 5.74) is 4.08. The van der Waals surface area contributed by atoms with Crippen LogP contribution >= 0.6 is 0 Å². The standard InChI is InChI=1S/C35H43N5O4Si/c1-24-32(18-11-25-9-12-27(13-10-25)40-35(42)30-7-5-6-8-31(30)37-40)44-33(19-21-39-23-26(20-22-41)36-38-39)34(24)45(3,4)29-16-14-28(43-2)15-17-29/h5-10,12-17,23-24,32-34,37,41H,11,18-22H2,1-4H3/t24-,32+,33-,34+/m1/s1. The van der Waals surface area contributed by atoms with Crippen molar-refractivity contribution in [3.8, 4) is 11.4 Å². The molecule has 1 aliphatic heterocycles. The number of H-pyrrole nitrogens is 1. The number of aliphatic hydroxyl groups excluding tert-OH is 1. The summed E-state index contributed by atoms with van der Waals surface area (Å²) < 4.78 is 15.9. The highest BCUT2D eigenvalue weighted by Gasteiger charge is 2.50. The second-order valence-corrected chi connectivity index (χ2v) is 17.5. The van der Waals surface area contributed by atoms with Crippen molar-refractivity contribution in [2.24, 2.45) is 5.92 Å². The van der Waals surface area contributed by atoms with Crippen LogP contribution in [0.15, 0.2) is 83.8 Å². The van der Waals surface area contributed by atoms with Crippen molar-refractivity contribution >= 4 is 24.2 Å². The van der Waals surface area contributed by atoms with Crippen LogP contribution in [0.1, 0.15) is 31.0 Å². The summed E-state index contributed by atoms with van der Waals surface area (Å²) in [6, 6.07) is 24.5. The zero-order valence-electron chi connectivity index (χ0n) is 26.5. The molecule has 9 nitrogen and oxygen atoms in total. The lowest BCUT2D eigenvalue weighted by molar-refractivity contribution is 0.0250. The zero-order valence-corrected chi connectivity index (χ0v) is 27.5. The molecule has 0 radical (unpaired) electrons. The number of hydrogen-bond acceptors (Lipinski definition) is 6. The first-order valence-electron chi connectivity index (χ1n) is 15.9. The molecule has 1 saturated heterocycles. The Balaban J connectivity index is 1.18. The van der Waals surface area contributed by atoms with Crippen LogP contribution < -0.4 is 15.5 Å². The highest BCUT2D eigenvalue weighted by atomic mass is 28.3. The first-order valence-corrected chi connectivity index (χ1v) is 18.9. The minimum Gasteiger partial charge on any atom is -0.497 e. The Labute approximate surface area is 264 Å². The van der Waals surface area contributed by atoms with E-state index in [9.17, 15) is 9.90 Å². The number of aryl methyl sites for hydroxylation is 2. The lowest BCUT2D eigenvalue weighted by Gasteiger charge is -2.36. The molecule has 0 aliphatic carbocycles. The Hall–Kier alpha value is -3.99. The van der Waals surface area contributed by atoms with E-state index in [1.807, 2.05) is 47.3 Å². The number of aliphatic hydroxyl groups is 1. The number of nitrogens with zero attached hydrogens (tertiary/aromatic N) is 4. The van der Waals surface area contributed by atoms with Crippen LogP contribution in [0.5, 0.6) is 5.75 Å². The maximum absolute atomic E-state index is 12.9. The van der Waals surface area contributed by atoms with Crippen LogP contribution in [-0.2, 0) is 24.1 Å². The minimum absolute atomic E-state index is 0.0391. The van der Waals surface area contributed by atoms with Crippen molar-refractivity contribution in [2.75, 3.05) is 13.7 Å². The van der Waals surface area contributed by atoms with Gasteiger partial charge in [-0.05, 0) is 72.7 Å². The molecule has 0 bridgehead atoms. The summed E-state index contributed by atoms with van der Waals surface area (Å²) in [7, 11) is -0.258. The molecule has 45 heavy (non-hydrogen) atoms. The van der Waals surface area contributed by atoms with Gasteiger partial charge in [0.15, 0.2) is 0 Å². The van der Waals surface area contributed by atoms with Gasteiger partial charge in [0.1, 0.15) is 5.75 Å². The van der Waals surface area contributed by atoms with E-state index in [2.05, 4.69) is 71.8 Å². The number of ether oxygens (including phenoxy) is 2. The number of aromatic nitrogens is 5. The molecule has 1 fully saturated rings. The number of aromatic amines is 1. The summed E-state index contributed by atoms with van der Waals surface area (Å²) in [5, 5.41) is 23.1. The maximum Gasteiger partial charge on any atom is 0.279 e. The molecule has 3 heterocycles. The van der Waals surface area contributed by atoms with E-state index in [0.29, 0.717) is 23.3 Å². The van der Waals surface area contributed by atoms with Crippen LogP contribution in [0.3, 0.4) is 0 Å². The van der Waals surface area contributed by atoms with Gasteiger partial charge >= 0.3 is 0 Å². The van der Waals surface area contributed by atoms with Gasteiger partial charge in [0.2, 0.25) is 0 Å². The van der Waals surface area contributed by atoms with Crippen molar-refractivity contribution in [1.29, 1.82) is 0 Å². The quantitative estimate of drug-likeness (QED) is 0.192. The highest BCUT2D eigenvalue weighted by Crippen LogP contribution is 2.46. The predicted octanol–water partition coefficient (Wildman–Crippen LogP) is 4.87. The molecule has 0 spiro atoms. The Morgan fingerprint density at radius 2 is 1.73 bits per heavy atom. The van der Waals surface area contributed by atoms with Crippen LogP contribution in [0.2, 0.25) is 18.6 Å². The summed E-state index contributed by atoms with van der Waals surface area (Å²) in [6.07, 6.45) is 5.37. The molecule has 10 heteroatoms. The first kappa shape index (κ1) is 31.0. The van der Waals surface area contributed by atoms with E-state index in [1.54, 1.807) is 11.8 Å². The molecule has 5 aromatic rings. The van der Waals surface area contributed by atoms with E-state index in [-0.39, 0.29) is 24.4 Å². The van der Waals surface area contributed by atoms with Crippen LogP contribution in [0.4, 0.5) is 0 Å². The van der Waals surface area contributed by atoms with E-state index < -0.39 is 8.07 Å². The van der Waals surface area contributed by atoms with Gasteiger partial charge in [-0.2, -0.15) is 0 Å². The van der Waals surface area contributed by atoms with Gasteiger partial charge in [-0.15, -0.1) is 5.10 Å². The predicted molar refractivity (Wildman–Crippen MR) is 179 cm³/mol. The number of fused-ring (bicyclic) bond motifs is 1. The molecule has 1 aliphatic rings. The van der Waals surface area contributed by atoms with Crippen LogP contribution in [0.25, 0.3) is 16.6 Å². The fraction of sp³-hybridized carbons (Fsp3) is 0.400. The number of nitrogens with one attached hydrogen (secondary N) is 1. The van der Waals surface area contributed by atoms with E-state index in [0.717, 1.165) is 48.5 Å². The maximum atomic E-state index is 12.9. The fourth-order valence-electron chi connectivity index (χ4n) is 7.21. The molecule has 3 aromatic carbocycles. The fourth-order valence-corrected chi connectivity index (χ4v) is 11.3. The molecule has 236 valence electrons. The van der Waals surface area contributed by atoms with Gasteiger partial charge in [0, 0.05) is 25.8 Å². The summed E-state index contributed by atoms with van der Waals surface area (Å²) >= 11 is 0. The number of benzene rings is 3. The van der Waals surface area contributed by atoms with Crippen molar-refractivity contribution in [3.63, 3.8) is 0 Å². The largest absolute Gasteiger partial charge is 0.497 e. The molecular formula is C35H43N5O4Si. The average molecular weight is 626 g/mol. The Morgan fingerprint density at radius 1 is 0.978 bits per heavy atom. The van der Waals surface area contributed by atoms with Crippen molar-refractivity contribution in [3.05, 3.63) is 101 Å². The molecule has 2 N–H and O–H groups in total. The molecule has 6 rings (SSSR count). The molecule has 0 saturated carbocycles. The number of methoxy groups -OCH3 is 1. The Kier molecular flexibility index (Phi) is 9.07. The summed E-state index contributed by atoms with van der Waals surface area (Å²) in [5.74, 6) is 1.27. The summed E-state index contributed by atoms with van der Waals surface area (Å²) in [6.45, 7) is 8.09. The van der Waals surface area contributed by atoms with Gasteiger partial charge < -0.3 is 14.6 Å². The van der Waals surface area contributed by atoms with Gasteiger partial charge in [-0.1, -0.05) is 66.8 Å². The summed E-state index contributed by atoms with van der Waals surface area (Å²) in [4.78, 5) is 12.9. The smallest absolute Gasteiger partial charge is 0.279 e. The molecular weight excluding hydrogens is 583 g/mol. The molecule has 2 aromatic heterocycles. The van der Waals surface area contributed by atoms with Gasteiger partial charge in [0.25, 0.3) is 5.56 Å². The zero-order chi connectivity index (χ0) is 31.6. The lowest BCUT2D eigenvalue weighted by atomic mass is 9.95. The Morgan fingerprint density at radius 3 is 2.44 bits per heavy atom. The molecule has 4 atom stereocenters. The van der Waals surface area contributed by atoms with E-state index in [1.165, 1.54) is 10.8 Å². The van der Waals surface area contributed by atoms with Crippen molar-refractivity contribution < 1.29 is 14.6 Å². The second kappa shape index (κ2) is 13.2.